The second-order valence-corrected chi connectivity index (χ2v) is 21.0. The highest BCUT2D eigenvalue weighted by Gasteiger charge is 2.25. The number of aryl methyl sites for hydroxylation is 2. The van der Waals surface area contributed by atoms with E-state index in [9.17, 15) is 14.7 Å². The van der Waals surface area contributed by atoms with Gasteiger partial charge in [0.25, 0.3) is 5.91 Å². The molecule has 12 rings (SSSR count). The number of rotatable bonds is 8. The van der Waals surface area contributed by atoms with E-state index < -0.39 is 5.97 Å². The Morgan fingerprint density at radius 1 is 0.533 bits per heavy atom. The Morgan fingerprint density at radius 2 is 0.973 bits per heavy atom. The van der Waals surface area contributed by atoms with Crippen LogP contribution in [0.4, 0.5) is 11.4 Å². The number of pyridine rings is 4. The molecular formula is C58H72N14O3. The molecule has 0 unspecified atom stereocenters. The highest BCUT2D eigenvalue weighted by molar-refractivity contribution is 6.01. The van der Waals surface area contributed by atoms with Gasteiger partial charge in [-0.15, -0.1) is 0 Å². The number of piperazine rings is 2. The van der Waals surface area contributed by atoms with Crippen LogP contribution in [-0.2, 0) is 14.1 Å². The minimum atomic E-state index is -0.929. The van der Waals surface area contributed by atoms with Crippen molar-refractivity contribution in [1.29, 1.82) is 0 Å². The van der Waals surface area contributed by atoms with Gasteiger partial charge in [-0.25, -0.2) is 14.8 Å². The molecule has 0 aliphatic carbocycles. The first-order valence-corrected chi connectivity index (χ1v) is 26.5. The Labute approximate surface area is 439 Å². The number of nitrogens with zero attached hydrogens (tertiary/aromatic N) is 11. The molecule has 2 aromatic carbocycles. The Balaban J connectivity index is 0.000000153. The van der Waals surface area contributed by atoms with Crippen molar-refractivity contribution >= 4 is 66.9 Å². The molecule has 0 radical (unpaired) electrons. The largest absolute Gasteiger partial charge is 0.477 e. The van der Waals surface area contributed by atoms with Crippen molar-refractivity contribution in [3.05, 3.63) is 109 Å². The van der Waals surface area contributed by atoms with Crippen LogP contribution in [-0.4, -0.2) is 189 Å². The van der Waals surface area contributed by atoms with Gasteiger partial charge in [-0.2, -0.15) is 0 Å². The van der Waals surface area contributed by atoms with E-state index in [0.29, 0.717) is 12.1 Å². The zero-order chi connectivity index (χ0) is 52.2. The lowest BCUT2D eigenvalue weighted by Gasteiger charge is -2.32. The van der Waals surface area contributed by atoms with E-state index in [-0.39, 0.29) is 11.6 Å². The number of carboxylic acid groups (broad SMARTS) is 1. The third-order valence-electron chi connectivity index (χ3n) is 15.6. The molecule has 392 valence electrons. The number of hydrogen-bond acceptors (Lipinski definition) is 13. The second-order valence-electron chi connectivity index (χ2n) is 21.0. The summed E-state index contributed by atoms with van der Waals surface area (Å²) in [6.07, 6.45) is 11.8. The minimum Gasteiger partial charge on any atom is -0.477 e. The van der Waals surface area contributed by atoms with Crippen LogP contribution in [0.5, 0.6) is 0 Å². The summed E-state index contributed by atoms with van der Waals surface area (Å²) in [5, 5.41) is 24.2. The van der Waals surface area contributed by atoms with E-state index >= 15 is 0 Å². The number of hydrogen-bond donors (Lipinski definition) is 4. The van der Waals surface area contributed by atoms with Gasteiger partial charge in [-0.3, -0.25) is 14.8 Å². The topological polar surface area (TPSA) is 168 Å². The van der Waals surface area contributed by atoms with Crippen LogP contribution < -0.4 is 16.0 Å². The van der Waals surface area contributed by atoms with Gasteiger partial charge < -0.3 is 54.7 Å². The van der Waals surface area contributed by atoms with Gasteiger partial charge >= 0.3 is 5.97 Å². The summed E-state index contributed by atoms with van der Waals surface area (Å²) < 4.78 is 3.72. The van der Waals surface area contributed by atoms with E-state index in [1.807, 2.05) is 65.3 Å². The lowest BCUT2D eigenvalue weighted by molar-refractivity contribution is 0.0653. The number of carboxylic acids is 1. The first-order chi connectivity index (χ1) is 36.3. The molecule has 4 N–H and O–H groups in total. The molecule has 17 nitrogen and oxygen atoms in total. The Bertz CT molecular complexity index is 3300. The maximum absolute atomic E-state index is 13.3. The zero-order valence-electron chi connectivity index (χ0n) is 44.4. The first-order valence-electron chi connectivity index (χ1n) is 26.5. The monoisotopic (exact) mass is 1010 g/mol. The summed E-state index contributed by atoms with van der Waals surface area (Å²) in [6.45, 7) is 12.5. The van der Waals surface area contributed by atoms with Crippen LogP contribution in [0.15, 0.2) is 97.6 Å². The SMILES string of the molecule is CN1CCC(Nc2cc(-c3ccc4c(c3)cc(C(=O)N3CCN(C)CC3)n4C)nc3ccncc23)CC1.CN1CCC(Nc2cc(-c3ccc4c(c3)cc(C(=O)O)n4C)nc3ccncc23)CC1.CN1CCNCC1. The van der Waals surface area contributed by atoms with Crippen molar-refractivity contribution in [1.82, 2.24) is 58.9 Å². The number of anilines is 2. The summed E-state index contributed by atoms with van der Waals surface area (Å²) in [5.74, 6) is -0.824. The first kappa shape index (κ1) is 51.5. The zero-order valence-corrected chi connectivity index (χ0v) is 44.4. The number of amides is 1. The van der Waals surface area contributed by atoms with Crippen LogP contribution in [0.1, 0.15) is 46.7 Å². The molecule has 0 saturated carbocycles. The number of benzene rings is 2. The Kier molecular flexibility index (Phi) is 15.7. The van der Waals surface area contributed by atoms with Gasteiger partial charge in [-0.05, 0) is 141 Å². The maximum atomic E-state index is 13.3. The molecule has 10 heterocycles. The Morgan fingerprint density at radius 3 is 1.43 bits per heavy atom. The summed E-state index contributed by atoms with van der Waals surface area (Å²) in [5.41, 5.74) is 10.7. The van der Waals surface area contributed by atoms with Crippen molar-refractivity contribution in [3.8, 4) is 22.5 Å². The van der Waals surface area contributed by atoms with E-state index in [2.05, 4.69) is 104 Å². The number of likely N-dealkylation sites (N-methyl/N-ethyl adjacent to an activating group) is 2. The highest BCUT2D eigenvalue weighted by atomic mass is 16.4. The molecule has 0 spiro atoms. The fraction of sp³-hybridized carbons (Fsp3) is 0.414. The molecule has 1 amide bonds. The minimum absolute atomic E-state index is 0.106. The molecule has 0 bridgehead atoms. The summed E-state index contributed by atoms with van der Waals surface area (Å²) in [6, 6.07) is 25.1. The fourth-order valence-corrected chi connectivity index (χ4v) is 10.8. The number of aromatic carboxylic acids is 1. The molecule has 0 atom stereocenters. The van der Waals surface area contributed by atoms with Gasteiger partial charge in [0.1, 0.15) is 11.4 Å². The highest BCUT2D eigenvalue weighted by Crippen LogP contribution is 2.34. The van der Waals surface area contributed by atoms with Gasteiger partial charge in [0.05, 0.1) is 22.4 Å². The molecule has 4 fully saturated rings. The number of carbonyl (C=O) groups is 2. The predicted octanol–water partition coefficient (Wildman–Crippen LogP) is 7.20. The third kappa shape index (κ3) is 11.8. The number of aromatic nitrogens is 6. The molecular weight excluding hydrogens is 941 g/mol. The quantitative estimate of drug-likeness (QED) is 0.121. The van der Waals surface area contributed by atoms with E-state index in [4.69, 9.17) is 9.97 Å². The van der Waals surface area contributed by atoms with Crippen molar-refractivity contribution in [2.24, 2.45) is 14.1 Å². The van der Waals surface area contributed by atoms with E-state index in [0.717, 1.165) is 174 Å². The van der Waals surface area contributed by atoms with Gasteiger partial charge in [-0.1, -0.05) is 12.1 Å². The molecule has 8 aromatic rings. The van der Waals surface area contributed by atoms with Gasteiger partial charge in [0.15, 0.2) is 0 Å². The molecule has 4 aliphatic heterocycles. The number of fused-ring (bicyclic) bond motifs is 4. The lowest BCUT2D eigenvalue weighted by Crippen LogP contribution is -2.47. The molecule has 6 aromatic heterocycles. The molecule has 75 heavy (non-hydrogen) atoms. The summed E-state index contributed by atoms with van der Waals surface area (Å²) >= 11 is 0. The van der Waals surface area contributed by atoms with Crippen LogP contribution >= 0.6 is 0 Å². The summed E-state index contributed by atoms with van der Waals surface area (Å²) in [7, 11) is 12.4. The number of carbonyl (C=O) groups excluding carboxylic acids is 1. The van der Waals surface area contributed by atoms with Gasteiger partial charge in [0, 0.05) is 158 Å². The van der Waals surface area contributed by atoms with E-state index in [1.165, 1.54) is 13.1 Å². The lowest BCUT2D eigenvalue weighted by atomic mass is 10.0. The molecule has 17 heteroatoms. The van der Waals surface area contributed by atoms with Crippen LogP contribution in [0.25, 0.3) is 66.1 Å². The number of likely N-dealkylation sites (tertiary alicyclic amines) is 2. The predicted molar refractivity (Wildman–Crippen MR) is 302 cm³/mol. The Hall–Kier alpha value is -7.02. The normalized spacial score (nSPS) is 17.7. The van der Waals surface area contributed by atoms with Crippen molar-refractivity contribution in [2.45, 2.75) is 37.8 Å². The third-order valence-corrected chi connectivity index (χ3v) is 15.6. The average Bonchev–Trinajstić information content (AvgIpc) is 3.95. The van der Waals surface area contributed by atoms with Crippen molar-refractivity contribution in [2.75, 3.05) is 117 Å². The van der Waals surface area contributed by atoms with Crippen molar-refractivity contribution in [3.63, 3.8) is 0 Å². The van der Waals surface area contributed by atoms with Crippen LogP contribution in [0.3, 0.4) is 0 Å². The number of nitrogens with one attached hydrogen (secondary N) is 3. The smallest absolute Gasteiger partial charge is 0.352 e. The standard InChI is InChI=1S/C29H35N7O.C24H25N5O2.C5H12N2/c1-33-10-7-22(8-11-33)31-26-18-25(32-24-6-9-30-19-23(24)26)20-4-5-27-21(16-20)17-28(35(27)3)29(37)36-14-12-34(2)13-15-36;1-28-9-6-17(7-10-28)26-21-13-20(27-19-5-8-25-14-18(19)21)15-3-4-22-16(11-15)12-23(24(30)31)29(22)2;1-7-4-2-6-3-5-7/h4-6,9,16-19,22H,7-8,10-15H2,1-3H3,(H,31,32);3-5,8,11-14,17H,6-7,9-10H2,1-2H3,(H,26,27)(H,30,31);6H,2-5H2,1H3. The average molecular weight is 1010 g/mol. The maximum Gasteiger partial charge on any atom is 0.352 e. The summed E-state index contributed by atoms with van der Waals surface area (Å²) in [4.78, 5) is 54.6. The number of piperidine rings is 2. The van der Waals surface area contributed by atoms with Crippen molar-refractivity contribution < 1.29 is 14.7 Å². The van der Waals surface area contributed by atoms with Crippen LogP contribution in [0.2, 0.25) is 0 Å². The second kappa shape index (κ2) is 22.8. The van der Waals surface area contributed by atoms with Crippen LogP contribution in [0, 0.1) is 0 Å². The molecule has 4 saturated heterocycles. The fourth-order valence-electron chi connectivity index (χ4n) is 10.8. The van der Waals surface area contributed by atoms with E-state index in [1.54, 1.807) is 30.1 Å². The molecule has 4 aliphatic rings. The van der Waals surface area contributed by atoms with Gasteiger partial charge in [0.2, 0.25) is 0 Å².